The maximum atomic E-state index is 13.8. The van der Waals surface area contributed by atoms with E-state index in [2.05, 4.69) is 19.8 Å². The van der Waals surface area contributed by atoms with Crippen LogP contribution in [0.3, 0.4) is 0 Å². The van der Waals surface area contributed by atoms with E-state index in [0.717, 1.165) is 35.0 Å². The van der Waals surface area contributed by atoms with Crippen molar-refractivity contribution in [2.75, 3.05) is 0 Å². The fraction of sp³-hybridized carbons (Fsp3) is 0.150. The Morgan fingerprint density at radius 3 is 1.49 bits per heavy atom. The Hall–Kier alpha value is -6.02. The number of nitrogens with zero attached hydrogens (tertiary/aromatic N) is 5. The first-order valence-electron chi connectivity index (χ1n) is 15.8. The lowest BCUT2D eigenvalue weighted by Gasteiger charge is -2.14. The van der Waals surface area contributed by atoms with Crippen LogP contribution in [0, 0.1) is 34.3 Å². The Balaban J connectivity index is 1.53. The van der Waals surface area contributed by atoms with E-state index in [1.807, 2.05) is 16.7 Å². The average molecular weight is 692 g/mol. The van der Waals surface area contributed by atoms with Crippen molar-refractivity contribution in [3.8, 4) is 39.3 Å². The van der Waals surface area contributed by atoms with Crippen molar-refractivity contribution in [2.45, 2.75) is 40.0 Å². The number of hydrogen-bond donors (Lipinski definition) is 0. The number of alkyl halides is 6. The zero-order chi connectivity index (χ0) is 36.4. The summed E-state index contributed by atoms with van der Waals surface area (Å²) in [6.45, 7) is 14.5. The van der Waals surface area contributed by atoms with Crippen LogP contribution in [0.2, 0.25) is 0 Å². The third-order valence-corrected chi connectivity index (χ3v) is 8.70. The van der Waals surface area contributed by atoms with Crippen molar-refractivity contribution >= 4 is 27.5 Å². The monoisotopic (exact) mass is 691 g/mol. The molecule has 0 aliphatic carbocycles. The summed E-state index contributed by atoms with van der Waals surface area (Å²) < 4.78 is 84.8. The molecule has 0 amide bonds. The molecular formula is C40H27F6N5. The molecule has 7 rings (SSSR count). The molecule has 51 heavy (non-hydrogen) atoms. The van der Waals surface area contributed by atoms with Gasteiger partial charge >= 0.3 is 12.4 Å². The van der Waals surface area contributed by atoms with Crippen molar-refractivity contribution < 1.29 is 26.3 Å². The number of aryl methyl sites for hydroxylation is 4. The predicted octanol–water partition coefficient (Wildman–Crippen LogP) is 11.8. The van der Waals surface area contributed by atoms with Gasteiger partial charge in [-0.25, -0.2) is 19.8 Å². The molecule has 0 saturated carbocycles. The fourth-order valence-corrected chi connectivity index (χ4v) is 6.56. The molecule has 5 nitrogen and oxygen atoms in total. The van der Waals surface area contributed by atoms with Gasteiger partial charge in [-0.1, -0.05) is 42.5 Å². The first-order chi connectivity index (χ1) is 24.1. The zero-order valence-corrected chi connectivity index (χ0v) is 27.7. The molecule has 0 aliphatic heterocycles. The summed E-state index contributed by atoms with van der Waals surface area (Å²) in [5.74, 6) is 1.24. The van der Waals surface area contributed by atoms with Gasteiger partial charge in [0.15, 0.2) is 11.5 Å². The molecule has 7 aromatic rings. The largest absolute Gasteiger partial charge is 0.416 e. The topological polar surface area (TPSA) is 48.0 Å². The van der Waals surface area contributed by atoms with Crippen molar-refractivity contribution in [1.82, 2.24) is 19.5 Å². The fourth-order valence-electron chi connectivity index (χ4n) is 6.56. The molecule has 0 radical (unpaired) electrons. The summed E-state index contributed by atoms with van der Waals surface area (Å²) in [5.41, 5.74) is 3.80. The summed E-state index contributed by atoms with van der Waals surface area (Å²) in [6, 6.07) is 23.7. The smallest absolute Gasteiger partial charge is 0.309 e. The number of hydrogen-bond acceptors (Lipinski definition) is 3. The number of halogens is 6. The van der Waals surface area contributed by atoms with Gasteiger partial charge in [0.1, 0.15) is 11.6 Å². The van der Waals surface area contributed by atoms with E-state index in [-0.39, 0.29) is 0 Å². The SMILES string of the molecule is [C-]#[N+]c1ccc(-n2c3cc(-c4cc(C)cc(C(F)(F)F)c4)ccc3c3ccc(-c4cc(C)cc(C(F)(F)F)c4)cc32)cc1-c1nc(C)nc(C)n1. The predicted molar refractivity (Wildman–Crippen MR) is 186 cm³/mol. The Labute approximate surface area is 288 Å². The zero-order valence-electron chi connectivity index (χ0n) is 27.7. The number of benzene rings is 5. The second kappa shape index (κ2) is 12.1. The maximum Gasteiger partial charge on any atom is 0.416 e. The van der Waals surface area contributed by atoms with Crippen molar-refractivity contribution in [1.29, 1.82) is 0 Å². The highest BCUT2D eigenvalue weighted by Crippen LogP contribution is 2.41. The van der Waals surface area contributed by atoms with Gasteiger partial charge in [-0.15, -0.1) is 0 Å². The lowest BCUT2D eigenvalue weighted by Crippen LogP contribution is -2.05. The minimum Gasteiger partial charge on any atom is -0.309 e. The van der Waals surface area contributed by atoms with Gasteiger partial charge in [-0.3, -0.25) is 0 Å². The van der Waals surface area contributed by atoms with Crippen LogP contribution in [-0.4, -0.2) is 19.5 Å². The van der Waals surface area contributed by atoms with Gasteiger partial charge in [0, 0.05) is 22.0 Å². The molecule has 0 aliphatic rings. The van der Waals surface area contributed by atoms with E-state index in [0.29, 0.717) is 78.8 Å². The molecule has 2 heterocycles. The minimum absolute atomic E-state index is 0.296. The quantitative estimate of drug-likeness (QED) is 0.136. The van der Waals surface area contributed by atoms with Crippen LogP contribution < -0.4 is 0 Å². The first kappa shape index (κ1) is 33.5. The van der Waals surface area contributed by atoms with E-state index < -0.39 is 23.5 Å². The second-order valence-corrected chi connectivity index (χ2v) is 12.5. The molecule has 0 N–H and O–H groups in total. The molecule has 0 saturated heterocycles. The van der Waals surface area contributed by atoms with E-state index in [9.17, 15) is 26.3 Å². The molecular weight excluding hydrogens is 664 g/mol. The Morgan fingerprint density at radius 2 is 1.04 bits per heavy atom. The molecule has 0 unspecified atom stereocenters. The molecule has 254 valence electrons. The number of rotatable bonds is 4. The third-order valence-electron chi connectivity index (χ3n) is 8.70. The van der Waals surface area contributed by atoms with Gasteiger partial charge in [0.25, 0.3) is 0 Å². The van der Waals surface area contributed by atoms with Crippen LogP contribution in [0.1, 0.15) is 33.9 Å². The number of fused-ring (bicyclic) bond motifs is 3. The van der Waals surface area contributed by atoms with Crippen molar-refractivity contribution in [3.05, 3.63) is 136 Å². The van der Waals surface area contributed by atoms with Gasteiger partial charge in [-0.2, -0.15) is 26.3 Å². The average Bonchev–Trinajstić information content (AvgIpc) is 3.39. The number of aromatic nitrogens is 4. The van der Waals surface area contributed by atoms with Crippen molar-refractivity contribution in [3.63, 3.8) is 0 Å². The highest BCUT2D eigenvalue weighted by Gasteiger charge is 2.32. The Bertz CT molecular complexity index is 2430. The van der Waals surface area contributed by atoms with Crippen LogP contribution in [-0.2, 0) is 12.4 Å². The van der Waals surface area contributed by atoms with E-state index in [4.69, 9.17) is 6.57 Å². The molecule has 5 aromatic carbocycles. The second-order valence-electron chi connectivity index (χ2n) is 12.5. The highest BCUT2D eigenvalue weighted by atomic mass is 19.4. The Morgan fingerprint density at radius 1 is 0.549 bits per heavy atom. The molecule has 11 heteroatoms. The van der Waals surface area contributed by atoms with Crippen LogP contribution in [0.5, 0.6) is 0 Å². The van der Waals surface area contributed by atoms with Crippen LogP contribution >= 0.6 is 0 Å². The summed E-state index contributed by atoms with van der Waals surface area (Å²) in [7, 11) is 0. The molecule has 2 aromatic heterocycles. The Kier molecular flexibility index (Phi) is 7.93. The lowest BCUT2D eigenvalue weighted by atomic mass is 9.98. The summed E-state index contributed by atoms with van der Waals surface area (Å²) in [4.78, 5) is 16.9. The molecule has 0 bridgehead atoms. The molecule has 0 fully saturated rings. The standard InChI is InChI=1S/C40H27F6N5/c1-21-12-27(16-29(14-21)39(41,42)43)25-6-9-32-33-10-7-26(28-13-22(2)15-30(17-28)40(44,45)46)19-37(33)51(36(32)18-25)31-8-11-35(47-5)34(20-31)38-49-23(3)48-24(4)50-38/h6-20H,1-4H3. The molecule has 0 atom stereocenters. The normalized spacial score (nSPS) is 12.1. The van der Waals surface area contributed by atoms with Crippen LogP contribution in [0.25, 0.3) is 66.0 Å². The maximum absolute atomic E-state index is 13.8. The summed E-state index contributed by atoms with van der Waals surface area (Å²) in [5, 5.41) is 1.54. The van der Waals surface area contributed by atoms with Gasteiger partial charge in [-0.05, 0) is 110 Å². The van der Waals surface area contributed by atoms with Crippen LogP contribution in [0.15, 0.2) is 91.0 Å². The van der Waals surface area contributed by atoms with Gasteiger partial charge in [0.05, 0.1) is 28.7 Å². The lowest BCUT2D eigenvalue weighted by molar-refractivity contribution is -0.138. The van der Waals surface area contributed by atoms with E-state index in [1.54, 1.807) is 82.3 Å². The van der Waals surface area contributed by atoms with Crippen LogP contribution in [0.4, 0.5) is 32.0 Å². The highest BCUT2D eigenvalue weighted by molar-refractivity contribution is 6.11. The van der Waals surface area contributed by atoms with E-state index in [1.165, 1.54) is 0 Å². The first-order valence-corrected chi connectivity index (χ1v) is 15.8. The van der Waals surface area contributed by atoms with Gasteiger partial charge in [0.2, 0.25) is 0 Å². The minimum atomic E-state index is -4.54. The summed E-state index contributed by atoms with van der Waals surface area (Å²) in [6.07, 6.45) is -9.07. The third kappa shape index (κ3) is 6.29. The van der Waals surface area contributed by atoms with E-state index >= 15 is 0 Å². The molecule has 0 spiro atoms. The van der Waals surface area contributed by atoms with Crippen molar-refractivity contribution in [2.24, 2.45) is 0 Å². The van der Waals surface area contributed by atoms with Gasteiger partial charge < -0.3 is 4.57 Å². The summed E-state index contributed by atoms with van der Waals surface area (Å²) >= 11 is 0.